The van der Waals surface area contributed by atoms with E-state index in [0.717, 1.165) is 65.0 Å². The minimum atomic E-state index is -0.313. The van der Waals surface area contributed by atoms with E-state index < -0.39 is 0 Å². The van der Waals surface area contributed by atoms with Gasteiger partial charge in [0, 0.05) is 44.9 Å². The lowest BCUT2D eigenvalue weighted by atomic mass is 9.75. The maximum atomic E-state index is 13.2. The SMILES string of the molecule is O=C(N1CCCC1)[C@]12CCO[C@H]1CCN(Cc1ccoc1)C2. The van der Waals surface area contributed by atoms with Gasteiger partial charge in [0.25, 0.3) is 0 Å². The molecule has 0 bridgehead atoms. The van der Waals surface area contributed by atoms with Gasteiger partial charge >= 0.3 is 0 Å². The quantitative estimate of drug-likeness (QED) is 0.855. The van der Waals surface area contributed by atoms with Crippen LogP contribution in [0, 0.1) is 5.41 Å². The van der Waals surface area contributed by atoms with Gasteiger partial charge in [-0.2, -0.15) is 0 Å². The van der Waals surface area contributed by atoms with Gasteiger partial charge in [-0.25, -0.2) is 0 Å². The van der Waals surface area contributed by atoms with Crippen LogP contribution in [0.2, 0.25) is 0 Å². The topological polar surface area (TPSA) is 45.9 Å². The third-order valence-electron chi connectivity index (χ3n) is 5.50. The predicted octanol–water partition coefficient (Wildman–Crippen LogP) is 1.88. The summed E-state index contributed by atoms with van der Waals surface area (Å²) in [6.07, 6.45) is 7.74. The van der Waals surface area contributed by atoms with E-state index in [1.165, 1.54) is 5.56 Å². The van der Waals surface area contributed by atoms with Gasteiger partial charge in [-0.3, -0.25) is 9.69 Å². The maximum absolute atomic E-state index is 13.2. The number of amides is 1. The van der Waals surface area contributed by atoms with Gasteiger partial charge in [0.05, 0.1) is 24.0 Å². The zero-order valence-electron chi connectivity index (χ0n) is 13.0. The van der Waals surface area contributed by atoms with E-state index >= 15 is 0 Å². The molecule has 0 N–H and O–H groups in total. The Morgan fingerprint density at radius 2 is 2.18 bits per heavy atom. The van der Waals surface area contributed by atoms with Crippen LogP contribution in [0.3, 0.4) is 0 Å². The molecular weight excluding hydrogens is 280 g/mol. The highest BCUT2D eigenvalue weighted by Gasteiger charge is 2.54. The van der Waals surface area contributed by atoms with Crippen molar-refractivity contribution in [1.29, 1.82) is 0 Å². The average molecular weight is 304 g/mol. The number of rotatable bonds is 3. The normalized spacial score (nSPS) is 32.4. The van der Waals surface area contributed by atoms with Gasteiger partial charge in [0.1, 0.15) is 0 Å². The smallest absolute Gasteiger partial charge is 0.232 e. The van der Waals surface area contributed by atoms with E-state index in [-0.39, 0.29) is 11.5 Å². The summed E-state index contributed by atoms with van der Waals surface area (Å²) in [6.45, 7) is 5.25. The van der Waals surface area contributed by atoms with Crippen LogP contribution < -0.4 is 0 Å². The van der Waals surface area contributed by atoms with Crippen molar-refractivity contribution in [3.8, 4) is 0 Å². The van der Waals surface area contributed by atoms with Crippen LogP contribution in [0.25, 0.3) is 0 Å². The molecule has 22 heavy (non-hydrogen) atoms. The van der Waals surface area contributed by atoms with Gasteiger partial charge in [0.2, 0.25) is 5.91 Å². The van der Waals surface area contributed by atoms with Crippen molar-refractivity contribution in [3.63, 3.8) is 0 Å². The molecule has 1 aromatic heterocycles. The third-order valence-corrected chi connectivity index (χ3v) is 5.50. The van der Waals surface area contributed by atoms with E-state index in [2.05, 4.69) is 9.80 Å². The Morgan fingerprint density at radius 3 is 2.95 bits per heavy atom. The second-order valence-corrected chi connectivity index (χ2v) is 6.90. The highest BCUT2D eigenvalue weighted by molar-refractivity contribution is 5.84. The van der Waals surface area contributed by atoms with Crippen molar-refractivity contribution in [1.82, 2.24) is 9.80 Å². The Hall–Kier alpha value is -1.33. The van der Waals surface area contributed by atoms with Crippen LogP contribution in [0.4, 0.5) is 0 Å². The fraction of sp³-hybridized carbons (Fsp3) is 0.706. The molecule has 1 amide bonds. The maximum Gasteiger partial charge on any atom is 0.232 e. The van der Waals surface area contributed by atoms with E-state index in [4.69, 9.17) is 9.15 Å². The first-order valence-corrected chi connectivity index (χ1v) is 8.42. The molecule has 0 aromatic carbocycles. The summed E-state index contributed by atoms with van der Waals surface area (Å²) >= 11 is 0. The van der Waals surface area contributed by atoms with Crippen molar-refractivity contribution in [2.24, 2.45) is 5.41 Å². The first-order chi connectivity index (χ1) is 10.8. The molecule has 0 radical (unpaired) electrons. The zero-order chi connectivity index (χ0) is 15.0. The number of likely N-dealkylation sites (tertiary alicyclic amines) is 2. The van der Waals surface area contributed by atoms with E-state index in [0.29, 0.717) is 5.91 Å². The van der Waals surface area contributed by atoms with Crippen LogP contribution in [-0.2, 0) is 16.1 Å². The zero-order valence-corrected chi connectivity index (χ0v) is 13.0. The lowest BCUT2D eigenvalue weighted by Gasteiger charge is -2.44. The van der Waals surface area contributed by atoms with Gasteiger partial charge in [0.15, 0.2) is 0 Å². The highest BCUT2D eigenvalue weighted by Crippen LogP contribution is 2.43. The van der Waals surface area contributed by atoms with Crippen LogP contribution >= 0.6 is 0 Å². The van der Waals surface area contributed by atoms with Crippen LogP contribution in [-0.4, -0.2) is 54.6 Å². The van der Waals surface area contributed by atoms with Crippen molar-refractivity contribution >= 4 is 5.91 Å². The summed E-state index contributed by atoms with van der Waals surface area (Å²) in [5.41, 5.74) is 0.868. The fourth-order valence-corrected chi connectivity index (χ4v) is 4.35. The van der Waals surface area contributed by atoms with Gasteiger partial charge < -0.3 is 14.1 Å². The number of furan rings is 1. The van der Waals surface area contributed by atoms with E-state index in [1.54, 1.807) is 12.5 Å². The molecular formula is C17H24N2O3. The van der Waals surface area contributed by atoms with Gasteiger partial charge in [-0.05, 0) is 31.7 Å². The molecule has 4 rings (SSSR count). The molecule has 5 nitrogen and oxygen atoms in total. The number of hydrogen-bond donors (Lipinski definition) is 0. The molecule has 3 aliphatic rings. The Kier molecular flexibility index (Phi) is 3.70. The lowest BCUT2D eigenvalue weighted by molar-refractivity contribution is -0.149. The predicted molar refractivity (Wildman–Crippen MR) is 81.2 cm³/mol. The number of carbonyl (C=O) groups excluding carboxylic acids is 1. The second kappa shape index (κ2) is 5.70. The van der Waals surface area contributed by atoms with Crippen LogP contribution in [0.5, 0.6) is 0 Å². The number of fused-ring (bicyclic) bond motifs is 1. The Balaban J connectivity index is 1.53. The molecule has 3 fully saturated rings. The summed E-state index contributed by atoms with van der Waals surface area (Å²) in [5.74, 6) is 0.337. The van der Waals surface area contributed by atoms with Crippen LogP contribution in [0.15, 0.2) is 23.0 Å². The minimum Gasteiger partial charge on any atom is -0.472 e. The minimum absolute atomic E-state index is 0.112. The standard InChI is InChI=1S/C17H24N2O3/c20-16(19-6-1-2-7-19)17-5-10-22-15(17)3-8-18(13-17)11-14-4-9-21-12-14/h4,9,12,15H,1-3,5-8,10-11,13H2/t15-,17-/m0/s1. The number of piperidine rings is 1. The second-order valence-electron chi connectivity index (χ2n) is 6.90. The van der Waals surface area contributed by atoms with Crippen LogP contribution in [0.1, 0.15) is 31.2 Å². The molecule has 120 valence electrons. The molecule has 4 heterocycles. The number of ether oxygens (including phenoxy) is 1. The first-order valence-electron chi connectivity index (χ1n) is 8.42. The molecule has 3 saturated heterocycles. The number of nitrogens with zero attached hydrogens (tertiary/aromatic N) is 2. The van der Waals surface area contributed by atoms with Crippen molar-refractivity contribution in [2.45, 2.75) is 38.3 Å². The molecule has 0 saturated carbocycles. The molecule has 0 unspecified atom stereocenters. The fourth-order valence-electron chi connectivity index (χ4n) is 4.35. The van der Waals surface area contributed by atoms with Crippen molar-refractivity contribution < 1.29 is 13.9 Å². The molecule has 2 atom stereocenters. The molecule has 0 spiro atoms. The lowest BCUT2D eigenvalue weighted by Crippen LogP contribution is -2.57. The van der Waals surface area contributed by atoms with Crippen molar-refractivity contribution in [3.05, 3.63) is 24.2 Å². The highest BCUT2D eigenvalue weighted by atomic mass is 16.5. The summed E-state index contributed by atoms with van der Waals surface area (Å²) < 4.78 is 11.1. The monoisotopic (exact) mass is 304 g/mol. The summed E-state index contributed by atoms with van der Waals surface area (Å²) in [6, 6.07) is 2.01. The Labute approximate surface area is 131 Å². The molecule has 5 heteroatoms. The number of hydrogen-bond acceptors (Lipinski definition) is 4. The van der Waals surface area contributed by atoms with Crippen molar-refractivity contribution in [2.75, 3.05) is 32.8 Å². The van der Waals surface area contributed by atoms with Gasteiger partial charge in [-0.15, -0.1) is 0 Å². The largest absolute Gasteiger partial charge is 0.472 e. The van der Waals surface area contributed by atoms with E-state index in [1.807, 2.05) is 6.07 Å². The Morgan fingerprint density at radius 1 is 1.32 bits per heavy atom. The third kappa shape index (κ3) is 2.36. The summed E-state index contributed by atoms with van der Waals surface area (Å²) in [4.78, 5) is 17.6. The number of carbonyl (C=O) groups is 1. The summed E-state index contributed by atoms with van der Waals surface area (Å²) in [7, 11) is 0. The summed E-state index contributed by atoms with van der Waals surface area (Å²) in [5, 5.41) is 0. The van der Waals surface area contributed by atoms with E-state index in [9.17, 15) is 4.79 Å². The molecule has 3 aliphatic heterocycles. The molecule has 1 aromatic rings. The molecule has 0 aliphatic carbocycles. The first kappa shape index (κ1) is 14.3. The Bertz CT molecular complexity index is 524. The average Bonchev–Trinajstić information content (AvgIpc) is 3.27. The van der Waals surface area contributed by atoms with Gasteiger partial charge in [-0.1, -0.05) is 0 Å².